The van der Waals surface area contributed by atoms with Gasteiger partial charge in [0.25, 0.3) is 0 Å². The van der Waals surface area contributed by atoms with Crippen LogP contribution in [0.4, 0.5) is 0 Å². The molecule has 2 rings (SSSR count). The zero-order valence-corrected chi connectivity index (χ0v) is 17.8. The summed E-state index contributed by atoms with van der Waals surface area (Å²) in [6.45, 7) is 9.42. The van der Waals surface area contributed by atoms with Gasteiger partial charge < -0.3 is 9.53 Å². The average molecular weight is 367 g/mol. The summed E-state index contributed by atoms with van der Waals surface area (Å²) in [6, 6.07) is 3.70. The van der Waals surface area contributed by atoms with Crippen molar-refractivity contribution in [2.75, 3.05) is 0 Å². The molecule has 0 aliphatic heterocycles. The van der Waals surface area contributed by atoms with E-state index in [0.29, 0.717) is 17.4 Å². The Kier molecular flexibility index (Phi) is 7.33. The number of allylic oxidation sites excluding steroid dienone is 2. The summed E-state index contributed by atoms with van der Waals surface area (Å²) >= 11 is 0. The van der Waals surface area contributed by atoms with Gasteiger partial charge >= 0.3 is 5.97 Å². The molecule has 4 heteroatoms. The van der Waals surface area contributed by atoms with Crippen LogP contribution in [0.15, 0.2) is 11.6 Å². The predicted molar refractivity (Wildman–Crippen MR) is 106 cm³/mol. The summed E-state index contributed by atoms with van der Waals surface area (Å²) in [6.07, 6.45) is 11.0. The van der Waals surface area contributed by atoms with Crippen molar-refractivity contribution in [3.8, 4) is 0 Å². The van der Waals surface area contributed by atoms with Crippen molar-refractivity contribution < 1.29 is 14.3 Å². The van der Waals surface area contributed by atoms with Crippen LogP contribution in [0.25, 0.3) is 0 Å². The Bertz CT molecular complexity index is 475. The van der Waals surface area contributed by atoms with E-state index in [1.54, 1.807) is 5.57 Å². The van der Waals surface area contributed by atoms with Crippen molar-refractivity contribution in [3.63, 3.8) is 0 Å². The van der Waals surface area contributed by atoms with Gasteiger partial charge in [-0.15, -0.1) is 0 Å². The fraction of sp³-hybridized carbons (Fsp3) is 0.857. The maximum absolute atomic E-state index is 10.7. The van der Waals surface area contributed by atoms with Crippen LogP contribution in [-0.4, -0.2) is 25.5 Å². The molecule has 1 N–H and O–H groups in total. The first-order valence-electron chi connectivity index (χ1n) is 10.5. The highest BCUT2D eigenvalue weighted by atomic mass is 28.4. The second kappa shape index (κ2) is 8.85. The average Bonchev–Trinajstić information content (AvgIpc) is 2.94. The lowest BCUT2D eigenvalue weighted by Gasteiger charge is -2.46. The number of unbranched alkanes of at least 4 members (excludes halogenated alkanes) is 1. The lowest BCUT2D eigenvalue weighted by Crippen LogP contribution is -2.47. The molecule has 0 spiro atoms. The van der Waals surface area contributed by atoms with E-state index in [1.807, 2.05) is 0 Å². The van der Waals surface area contributed by atoms with Crippen LogP contribution in [0.5, 0.6) is 0 Å². The highest BCUT2D eigenvalue weighted by Gasteiger charge is 2.50. The van der Waals surface area contributed by atoms with E-state index < -0.39 is 14.3 Å². The normalized spacial score (nSPS) is 31.3. The summed E-state index contributed by atoms with van der Waals surface area (Å²) in [7, 11) is -1.55. The number of hydrogen-bond donors (Lipinski definition) is 1. The van der Waals surface area contributed by atoms with E-state index in [4.69, 9.17) is 9.53 Å². The summed E-state index contributed by atoms with van der Waals surface area (Å²) in [4.78, 5) is 10.7. The molecule has 144 valence electrons. The van der Waals surface area contributed by atoms with Gasteiger partial charge in [0.15, 0.2) is 8.32 Å². The van der Waals surface area contributed by atoms with Gasteiger partial charge in [0.1, 0.15) is 0 Å². The Morgan fingerprint density at radius 1 is 1.28 bits per heavy atom. The number of carboxylic acid groups (broad SMARTS) is 1. The lowest BCUT2D eigenvalue weighted by atomic mass is 9.66. The van der Waals surface area contributed by atoms with E-state index in [1.165, 1.54) is 50.2 Å². The molecule has 2 aliphatic carbocycles. The van der Waals surface area contributed by atoms with Crippen molar-refractivity contribution >= 4 is 14.3 Å². The van der Waals surface area contributed by atoms with Gasteiger partial charge in [0, 0.05) is 12.5 Å². The first-order valence-corrected chi connectivity index (χ1v) is 13.0. The zero-order valence-electron chi connectivity index (χ0n) is 16.8. The summed E-state index contributed by atoms with van der Waals surface area (Å²) in [5.41, 5.74) is 1.88. The Hall–Kier alpha value is -0.613. The molecule has 25 heavy (non-hydrogen) atoms. The van der Waals surface area contributed by atoms with E-state index in [0.717, 1.165) is 12.8 Å². The van der Waals surface area contributed by atoms with E-state index in [-0.39, 0.29) is 6.42 Å². The van der Waals surface area contributed by atoms with Crippen molar-refractivity contribution in [2.45, 2.75) is 103 Å². The predicted octanol–water partition coefficient (Wildman–Crippen LogP) is 6.16. The molecular weight excluding hydrogens is 328 g/mol. The third kappa shape index (κ3) is 4.57. The molecule has 2 aliphatic rings. The van der Waals surface area contributed by atoms with Crippen LogP contribution in [0.2, 0.25) is 18.1 Å². The Labute approximate surface area is 155 Å². The number of aliphatic carboxylic acids is 1. The monoisotopic (exact) mass is 366 g/mol. The second-order valence-electron chi connectivity index (χ2n) is 8.37. The van der Waals surface area contributed by atoms with Crippen molar-refractivity contribution in [2.24, 2.45) is 11.3 Å². The molecule has 0 radical (unpaired) electrons. The van der Waals surface area contributed by atoms with Gasteiger partial charge in [-0.05, 0) is 68.0 Å². The SMILES string of the molecule is CC[Si](CC)(CC)OC1CCCC2(C)/C(=C\CCCC(=O)O)CC[C@@H]12. The van der Waals surface area contributed by atoms with Crippen LogP contribution in [-0.2, 0) is 9.22 Å². The lowest BCUT2D eigenvalue weighted by molar-refractivity contribution is -0.137. The van der Waals surface area contributed by atoms with E-state index >= 15 is 0 Å². The van der Waals surface area contributed by atoms with Gasteiger partial charge in [-0.25, -0.2) is 0 Å². The largest absolute Gasteiger partial charge is 0.481 e. The Morgan fingerprint density at radius 2 is 1.96 bits per heavy atom. The van der Waals surface area contributed by atoms with Gasteiger partial charge in [-0.3, -0.25) is 4.79 Å². The number of fused-ring (bicyclic) bond motifs is 1. The minimum Gasteiger partial charge on any atom is -0.481 e. The molecular formula is C21H38O3Si. The maximum atomic E-state index is 10.7. The third-order valence-corrected chi connectivity index (χ3v) is 11.9. The molecule has 2 saturated carbocycles. The Balaban J connectivity index is 2.07. The molecule has 2 fully saturated rings. The summed E-state index contributed by atoms with van der Waals surface area (Å²) < 4.78 is 6.95. The number of hydrogen-bond acceptors (Lipinski definition) is 2. The van der Waals surface area contributed by atoms with Crippen molar-refractivity contribution in [1.29, 1.82) is 0 Å². The molecule has 3 nitrogen and oxygen atoms in total. The van der Waals surface area contributed by atoms with E-state index in [2.05, 4.69) is 33.8 Å². The standard InChI is InChI=1S/C21H38O3Si/c1-5-25(6-2,7-3)24-19-12-10-16-21(4)17(14-15-18(19)21)11-8-9-13-20(22)23/h11,18-19H,5-10,12-16H2,1-4H3,(H,22,23)/b17-11-/t18-,19?,21?/m0/s1. The molecule has 3 atom stereocenters. The summed E-state index contributed by atoms with van der Waals surface area (Å²) in [5.74, 6) is -0.0106. The number of carbonyl (C=O) groups is 1. The second-order valence-corrected chi connectivity index (χ2v) is 13.1. The zero-order chi connectivity index (χ0) is 18.5. The highest BCUT2D eigenvalue weighted by Crippen LogP contribution is 2.56. The minimum atomic E-state index is -1.55. The quantitative estimate of drug-likeness (QED) is 0.302. The van der Waals surface area contributed by atoms with Crippen molar-refractivity contribution in [1.82, 2.24) is 0 Å². The van der Waals surface area contributed by atoms with Crippen LogP contribution < -0.4 is 0 Å². The third-order valence-electron chi connectivity index (χ3n) is 7.23. The van der Waals surface area contributed by atoms with Gasteiger partial charge in [-0.1, -0.05) is 45.8 Å². The van der Waals surface area contributed by atoms with Gasteiger partial charge in [0.2, 0.25) is 0 Å². The fourth-order valence-electron chi connectivity index (χ4n) is 5.29. The summed E-state index contributed by atoms with van der Waals surface area (Å²) in [5, 5.41) is 8.82. The smallest absolute Gasteiger partial charge is 0.303 e. The molecule has 0 aromatic carbocycles. The molecule has 0 heterocycles. The van der Waals surface area contributed by atoms with Crippen LogP contribution in [0.1, 0.15) is 79.1 Å². The molecule has 2 unspecified atom stereocenters. The molecule has 0 aromatic heterocycles. The molecule has 0 amide bonds. The fourth-order valence-corrected chi connectivity index (χ4v) is 8.22. The van der Waals surface area contributed by atoms with Gasteiger partial charge in [-0.2, -0.15) is 0 Å². The van der Waals surface area contributed by atoms with Crippen LogP contribution in [0, 0.1) is 11.3 Å². The van der Waals surface area contributed by atoms with Crippen LogP contribution in [0.3, 0.4) is 0 Å². The maximum Gasteiger partial charge on any atom is 0.303 e. The first-order chi connectivity index (χ1) is 11.9. The van der Waals surface area contributed by atoms with Gasteiger partial charge in [0.05, 0.1) is 0 Å². The highest BCUT2D eigenvalue weighted by molar-refractivity contribution is 6.73. The Morgan fingerprint density at radius 3 is 2.56 bits per heavy atom. The number of carboxylic acids is 1. The molecule has 0 aromatic rings. The molecule has 0 bridgehead atoms. The van der Waals surface area contributed by atoms with Crippen molar-refractivity contribution in [3.05, 3.63) is 11.6 Å². The molecule has 0 saturated heterocycles. The first kappa shape index (κ1) is 20.7. The van der Waals surface area contributed by atoms with E-state index in [9.17, 15) is 4.79 Å². The van der Waals surface area contributed by atoms with Crippen LogP contribution >= 0.6 is 0 Å². The topological polar surface area (TPSA) is 46.5 Å². The minimum absolute atomic E-state index is 0.285. The number of rotatable bonds is 9.